The largest absolute Gasteiger partial charge is 0.491 e. The van der Waals surface area contributed by atoms with Crippen molar-refractivity contribution in [2.45, 2.75) is 51.9 Å². The molecule has 0 unspecified atom stereocenters. The van der Waals surface area contributed by atoms with Crippen LogP contribution >= 0.6 is 0 Å². The summed E-state index contributed by atoms with van der Waals surface area (Å²) in [5, 5.41) is 1.00. The Morgan fingerprint density at radius 1 is 1.00 bits per heavy atom. The topological polar surface area (TPSA) is 82.3 Å². The minimum absolute atomic E-state index is 0.00639. The highest BCUT2D eigenvalue weighted by atomic mass is 19.1. The number of aromatic nitrogens is 1. The van der Waals surface area contributed by atoms with Crippen LogP contribution in [0.15, 0.2) is 36.4 Å². The van der Waals surface area contributed by atoms with E-state index in [9.17, 15) is 9.18 Å². The van der Waals surface area contributed by atoms with Crippen LogP contribution in [0.4, 0.5) is 13.2 Å². The second kappa shape index (κ2) is 15.1. The molecule has 2 heterocycles. The summed E-state index contributed by atoms with van der Waals surface area (Å²) in [6, 6.07) is 9.10. The number of esters is 1. The summed E-state index contributed by atoms with van der Waals surface area (Å²) >= 11 is 0. The third kappa shape index (κ3) is 8.72. The number of H-pyrrole nitrogens is 1. The molecule has 3 aromatic rings. The molecular formula is C32H41F3N2O6. The quantitative estimate of drug-likeness (QED) is 0.170. The van der Waals surface area contributed by atoms with Crippen LogP contribution < -0.4 is 4.74 Å². The monoisotopic (exact) mass is 606 g/mol. The predicted molar refractivity (Wildman–Crippen MR) is 156 cm³/mol. The number of fused-ring (bicyclic) bond motifs is 3. The van der Waals surface area contributed by atoms with Gasteiger partial charge in [-0.1, -0.05) is 18.2 Å². The molecule has 4 rings (SSSR count). The molecule has 0 amide bonds. The molecule has 0 fully saturated rings. The maximum Gasteiger partial charge on any atom is 0.332 e. The molecule has 1 aromatic heterocycles. The number of para-hydroxylation sites is 1. The van der Waals surface area contributed by atoms with Crippen molar-refractivity contribution >= 4 is 16.9 Å². The van der Waals surface area contributed by atoms with Crippen LogP contribution in [0.5, 0.6) is 5.75 Å². The van der Waals surface area contributed by atoms with Crippen LogP contribution in [0.2, 0.25) is 0 Å². The second-order valence-corrected chi connectivity index (χ2v) is 11.1. The summed E-state index contributed by atoms with van der Waals surface area (Å²) in [4.78, 5) is 16.4. The van der Waals surface area contributed by atoms with E-state index in [-0.39, 0.29) is 56.9 Å². The Hall–Kier alpha value is -3.12. The normalized spacial score (nSPS) is 17.3. The summed E-state index contributed by atoms with van der Waals surface area (Å²) in [5.74, 6) is -1.91. The smallest absolute Gasteiger partial charge is 0.332 e. The van der Waals surface area contributed by atoms with Crippen molar-refractivity contribution in [3.63, 3.8) is 0 Å². The van der Waals surface area contributed by atoms with E-state index in [0.29, 0.717) is 31.9 Å². The number of rotatable bonds is 16. The van der Waals surface area contributed by atoms with E-state index >= 15 is 8.78 Å². The molecule has 0 saturated heterocycles. The van der Waals surface area contributed by atoms with Gasteiger partial charge in [0.15, 0.2) is 0 Å². The van der Waals surface area contributed by atoms with Gasteiger partial charge in [-0.15, -0.1) is 0 Å². The Bertz CT molecular complexity index is 1340. The van der Waals surface area contributed by atoms with E-state index in [1.165, 1.54) is 13.8 Å². The molecule has 0 aliphatic carbocycles. The van der Waals surface area contributed by atoms with E-state index in [2.05, 4.69) is 4.98 Å². The van der Waals surface area contributed by atoms with Gasteiger partial charge < -0.3 is 28.7 Å². The van der Waals surface area contributed by atoms with Gasteiger partial charge >= 0.3 is 5.97 Å². The van der Waals surface area contributed by atoms with E-state index in [4.69, 9.17) is 23.7 Å². The average Bonchev–Trinajstić information content (AvgIpc) is 3.30. The third-order valence-corrected chi connectivity index (χ3v) is 7.17. The van der Waals surface area contributed by atoms with Crippen LogP contribution in [0.3, 0.4) is 0 Å². The first-order valence-corrected chi connectivity index (χ1v) is 14.6. The Kier molecular flexibility index (Phi) is 11.5. The van der Waals surface area contributed by atoms with E-state index < -0.39 is 29.3 Å². The number of alkyl halides is 1. The molecule has 11 heteroatoms. The van der Waals surface area contributed by atoms with Gasteiger partial charge in [-0.2, -0.15) is 0 Å². The number of carbonyl (C=O) groups is 1. The number of ether oxygens (including phenoxy) is 5. The van der Waals surface area contributed by atoms with Crippen LogP contribution in [-0.2, 0) is 30.2 Å². The summed E-state index contributed by atoms with van der Waals surface area (Å²) in [6.45, 7) is 8.22. The fourth-order valence-electron chi connectivity index (χ4n) is 5.42. The summed E-state index contributed by atoms with van der Waals surface area (Å²) in [6.07, 6.45) is 0.630. The SMILES string of the molecule is CCOC(=O)COCCOCCOCCOc1cc(F)c([C@@H]2c3[nH]c4ccccc4c3C[C@@H](C)N2CC(C)(C)F)c(F)c1. The average molecular weight is 607 g/mol. The number of nitrogens with one attached hydrogen (secondary N) is 1. The van der Waals surface area contributed by atoms with Crippen LogP contribution in [0.25, 0.3) is 10.9 Å². The van der Waals surface area contributed by atoms with Crippen molar-refractivity contribution < 1.29 is 41.7 Å². The molecule has 1 aliphatic rings. The lowest BCUT2D eigenvalue weighted by Crippen LogP contribution is -2.48. The van der Waals surface area contributed by atoms with Crippen molar-refractivity contribution in [3.05, 3.63) is 64.9 Å². The summed E-state index contributed by atoms with van der Waals surface area (Å²) in [5.41, 5.74) is 0.825. The molecule has 43 heavy (non-hydrogen) atoms. The zero-order valence-corrected chi connectivity index (χ0v) is 25.2. The first-order chi connectivity index (χ1) is 20.6. The standard InChI is InChI=1S/C32H41F3N2O6/c1-5-42-28(38)19-41-13-12-39-10-11-40-14-15-43-22-17-25(33)29(26(34)18-22)31-30-24(23-8-6-7-9-27(23)36-30)16-21(2)37(31)20-32(3,4)35/h6-9,17-18,21,31,36H,5,10-16,19-20H2,1-4H3/t21-,31-/m1/s1. The molecule has 2 atom stereocenters. The number of hydrogen-bond acceptors (Lipinski definition) is 7. The van der Waals surface area contributed by atoms with Gasteiger partial charge in [0, 0.05) is 46.9 Å². The summed E-state index contributed by atoms with van der Waals surface area (Å²) in [7, 11) is 0. The molecule has 0 spiro atoms. The number of benzene rings is 2. The minimum atomic E-state index is -1.57. The van der Waals surface area contributed by atoms with E-state index in [1.54, 1.807) is 6.92 Å². The van der Waals surface area contributed by atoms with Crippen LogP contribution in [-0.4, -0.2) is 87.0 Å². The first kappa shape index (κ1) is 32.8. The van der Waals surface area contributed by atoms with E-state index in [0.717, 1.165) is 28.6 Å². The Morgan fingerprint density at radius 2 is 1.63 bits per heavy atom. The highest BCUT2D eigenvalue weighted by Gasteiger charge is 2.41. The Morgan fingerprint density at radius 3 is 2.28 bits per heavy atom. The fraction of sp³-hybridized carbons (Fsp3) is 0.531. The van der Waals surface area contributed by atoms with Gasteiger partial charge in [0.2, 0.25) is 0 Å². The number of aromatic amines is 1. The van der Waals surface area contributed by atoms with E-state index in [1.807, 2.05) is 36.1 Å². The maximum absolute atomic E-state index is 15.7. The number of hydrogen-bond donors (Lipinski definition) is 1. The van der Waals surface area contributed by atoms with Crippen LogP contribution in [0, 0.1) is 11.6 Å². The Labute approximate surface area is 250 Å². The lowest BCUT2D eigenvalue weighted by atomic mass is 9.87. The molecule has 1 N–H and O–H groups in total. The van der Waals surface area contributed by atoms with Gasteiger partial charge in [-0.25, -0.2) is 18.0 Å². The van der Waals surface area contributed by atoms with Crippen molar-refractivity contribution in [1.82, 2.24) is 9.88 Å². The van der Waals surface area contributed by atoms with Crippen molar-refractivity contribution in [1.29, 1.82) is 0 Å². The maximum atomic E-state index is 15.7. The van der Waals surface area contributed by atoms with Crippen molar-refractivity contribution in [2.24, 2.45) is 0 Å². The first-order valence-electron chi connectivity index (χ1n) is 14.6. The number of halogens is 3. The molecule has 2 aromatic carbocycles. The van der Waals surface area contributed by atoms with Gasteiger partial charge in [-0.3, -0.25) is 4.90 Å². The highest BCUT2D eigenvalue weighted by molar-refractivity contribution is 5.85. The van der Waals surface area contributed by atoms with Crippen LogP contribution in [0.1, 0.15) is 50.6 Å². The minimum Gasteiger partial charge on any atom is -0.491 e. The summed E-state index contributed by atoms with van der Waals surface area (Å²) < 4.78 is 72.7. The van der Waals surface area contributed by atoms with Gasteiger partial charge in [0.05, 0.1) is 45.7 Å². The number of nitrogens with zero attached hydrogens (tertiary/aromatic N) is 1. The fourth-order valence-corrected chi connectivity index (χ4v) is 5.42. The molecule has 1 aliphatic heterocycles. The highest BCUT2D eigenvalue weighted by Crippen LogP contribution is 2.43. The number of carbonyl (C=O) groups excluding carboxylic acids is 1. The molecule has 0 bridgehead atoms. The van der Waals surface area contributed by atoms with Gasteiger partial charge in [-0.05, 0) is 45.7 Å². The third-order valence-electron chi connectivity index (χ3n) is 7.17. The molecular weight excluding hydrogens is 565 g/mol. The molecule has 0 saturated carbocycles. The Balaban J connectivity index is 1.35. The zero-order chi connectivity index (χ0) is 31.0. The lowest BCUT2D eigenvalue weighted by molar-refractivity contribution is -0.149. The molecule has 236 valence electrons. The van der Waals surface area contributed by atoms with Crippen molar-refractivity contribution in [3.8, 4) is 5.75 Å². The lowest BCUT2D eigenvalue weighted by Gasteiger charge is -2.43. The zero-order valence-electron chi connectivity index (χ0n) is 25.2. The second-order valence-electron chi connectivity index (χ2n) is 11.1. The predicted octanol–water partition coefficient (Wildman–Crippen LogP) is 5.52. The molecule has 0 radical (unpaired) electrons. The van der Waals surface area contributed by atoms with Gasteiger partial charge in [0.1, 0.15) is 36.3 Å². The van der Waals surface area contributed by atoms with Crippen molar-refractivity contribution in [2.75, 3.05) is 59.4 Å². The molecule has 8 nitrogen and oxygen atoms in total. The van der Waals surface area contributed by atoms with Gasteiger partial charge in [0.25, 0.3) is 0 Å².